The molecule has 1 heterocycles. The summed E-state index contributed by atoms with van der Waals surface area (Å²) < 4.78 is 10.6. The molecule has 1 aliphatic rings. The summed E-state index contributed by atoms with van der Waals surface area (Å²) in [6.45, 7) is 3.08. The lowest BCUT2D eigenvalue weighted by molar-refractivity contribution is -0.159. The van der Waals surface area contributed by atoms with E-state index < -0.39 is 18.0 Å². The Bertz CT molecular complexity index is 518. The van der Waals surface area contributed by atoms with Crippen molar-refractivity contribution in [2.45, 2.75) is 12.7 Å². The molecular formula is C15H20N2O7. The normalized spacial score (nSPS) is 16.2. The molecule has 9 nitrogen and oxygen atoms in total. The predicted molar refractivity (Wildman–Crippen MR) is 82.5 cm³/mol. The third-order valence-corrected chi connectivity index (χ3v) is 2.87. The van der Waals surface area contributed by atoms with Crippen molar-refractivity contribution in [3.8, 4) is 0 Å². The maximum absolute atomic E-state index is 11.4. The largest absolute Gasteiger partial charge is 0.473 e. The van der Waals surface area contributed by atoms with Gasteiger partial charge in [-0.25, -0.2) is 14.4 Å². The standard InChI is InChI=1S/C13H18N2O3.C2H2O4/c16-13(15-9-12-8-14-6-7-17-12)18-10-11-4-2-1-3-5-11;3-1(4)2(5)6/h1-5,12,14H,6-10H2,(H,15,16);(H,3,4)(H,5,6)/t12-;/m1./s1. The molecule has 0 radical (unpaired) electrons. The third kappa shape index (κ3) is 8.71. The molecule has 24 heavy (non-hydrogen) atoms. The SMILES string of the molecule is O=C(NC[C@H]1CNCCO1)OCc1ccccc1.O=C(O)C(=O)O. The van der Waals surface area contributed by atoms with Crippen molar-refractivity contribution in [3.63, 3.8) is 0 Å². The molecule has 9 heteroatoms. The van der Waals surface area contributed by atoms with Crippen molar-refractivity contribution in [1.82, 2.24) is 10.6 Å². The lowest BCUT2D eigenvalue weighted by Gasteiger charge is -2.23. The summed E-state index contributed by atoms with van der Waals surface area (Å²) in [4.78, 5) is 29.6. The molecule has 1 aromatic carbocycles. The van der Waals surface area contributed by atoms with Crippen LogP contribution in [0.15, 0.2) is 30.3 Å². The van der Waals surface area contributed by atoms with E-state index >= 15 is 0 Å². The number of amides is 1. The molecule has 0 unspecified atom stereocenters. The first kappa shape index (κ1) is 19.4. The zero-order chi connectivity index (χ0) is 17.8. The second-order valence-corrected chi connectivity index (χ2v) is 4.75. The second kappa shape index (κ2) is 11.0. The molecule has 0 saturated carbocycles. The first-order valence-electron chi connectivity index (χ1n) is 7.22. The van der Waals surface area contributed by atoms with Gasteiger partial charge >= 0.3 is 18.0 Å². The molecule has 1 amide bonds. The van der Waals surface area contributed by atoms with Gasteiger partial charge in [0.1, 0.15) is 6.61 Å². The molecule has 0 bridgehead atoms. The number of morpholine rings is 1. The van der Waals surface area contributed by atoms with Crippen molar-refractivity contribution in [1.29, 1.82) is 0 Å². The highest BCUT2D eigenvalue weighted by Crippen LogP contribution is 2.00. The fourth-order valence-corrected chi connectivity index (χ4v) is 1.72. The number of carboxylic acids is 2. The Balaban J connectivity index is 0.000000413. The minimum atomic E-state index is -1.82. The molecule has 1 aliphatic heterocycles. The highest BCUT2D eigenvalue weighted by Gasteiger charge is 2.14. The van der Waals surface area contributed by atoms with Crippen LogP contribution in [0.2, 0.25) is 0 Å². The van der Waals surface area contributed by atoms with Crippen molar-refractivity contribution in [3.05, 3.63) is 35.9 Å². The van der Waals surface area contributed by atoms with Gasteiger partial charge in [0.15, 0.2) is 0 Å². The third-order valence-electron chi connectivity index (χ3n) is 2.87. The van der Waals surface area contributed by atoms with Gasteiger partial charge in [-0.1, -0.05) is 30.3 Å². The van der Waals surface area contributed by atoms with Gasteiger partial charge in [-0.3, -0.25) is 0 Å². The molecule has 4 N–H and O–H groups in total. The average Bonchev–Trinajstić information content (AvgIpc) is 2.60. The first-order valence-corrected chi connectivity index (χ1v) is 7.22. The van der Waals surface area contributed by atoms with Crippen LogP contribution in [-0.2, 0) is 25.7 Å². The summed E-state index contributed by atoms with van der Waals surface area (Å²) in [6.07, 6.45) is -0.379. The molecule has 132 valence electrons. The Kier molecular flexibility index (Phi) is 8.87. The summed E-state index contributed by atoms with van der Waals surface area (Å²) in [6, 6.07) is 9.59. The molecule has 0 aromatic heterocycles. The van der Waals surface area contributed by atoms with Crippen LogP contribution in [0.1, 0.15) is 5.56 Å². The number of nitrogens with one attached hydrogen (secondary N) is 2. The molecule has 2 rings (SSSR count). The van der Waals surface area contributed by atoms with E-state index in [1.165, 1.54) is 0 Å². The summed E-state index contributed by atoms with van der Waals surface area (Å²) >= 11 is 0. The first-order chi connectivity index (χ1) is 11.5. The number of ether oxygens (including phenoxy) is 2. The van der Waals surface area contributed by atoms with Gasteiger partial charge in [-0.2, -0.15) is 0 Å². The van der Waals surface area contributed by atoms with E-state index in [9.17, 15) is 4.79 Å². The Morgan fingerprint density at radius 2 is 1.88 bits per heavy atom. The number of carbonyl (C=O) groups excluding carboxylic acids is 1. The van der Waals surface area contributed by atoms with Crippen LogP contribution in [0.5, 0.6) is 0 Å². The van der Waals surface area contributed by atoms with Crippen LogP contribution >= 0.6 is 0 Å². The minimum Gasteiger partial charge on any atom is -0.473 e. The lowest BCUT2D eigenvalue weighted by atomic mass is 10.2. The fourth-order valence-electron chi connectivity index (χ4n) is 1.72. The van der Waals surface area contributed by atoms with E-state index in [1.54, 1.807) is 0 Å². The van der Waals surface area contributed by atoms with Crippen LogP contribution in [0.4, 0.5) is 4.79 Å². The molecule has 1 fully saturated rings. The van der Waals surface area contributed by atoms with E-state index in [0.717, 1.165) is 18.7 Å². The maximum atomic E-state index is 11.4. The topological polar surface area (TPSA) is 134 Å². The molecule has 1 saturated heterocycles. The van der Waals surface area contributed by atoms with E-state index in [-0.39, 0.29) is 12.7 Å². The monoisotopic (exact) mass is 340 g/mol. The average molecular weight is 340 g/mol. The molecule has 1 atom stereocenters. The molecule has 0 aliphatic carbocycles. The van der Waals surface area contributed by atoms with Crippen LogP contribution in [0.3, 0.4) is 0 Å². The second-order valence-electron chi connectivity index (χ2n) is 4.75. The van der Waals surface area contributed by atoms with Crippen LogP contribution in [0.25, 0.3) is 0 Å². The maximum Gasteiger partial charge on any atom is 0.414 e. The number of alkyl carbamates (subject to hydrolysis) is 1. The van der Waals surface area contributed by atoms with Crippen molar-refractivity contribution in [2.75, 3.05) is 26.2 Å². The smallest absolute Gasteiger partial charge is 0.414 e. The summed E-state index contributed by atoms with van der Waals surface area (Å²) in [5.74, 6) is -3.65. The number of carbonyl (C=O) groups is 3. The summed E-state index contributed by atoms with van der Waals surface area (Å²) in [5.41, 5.74) is 0.975. The number of benzene rings is 1. The number of aliphatic carboxylic acids is 2. The van der Waals surface area contributed by atoms with Crippen LogP contribution in [0, 0.1) is 0 Å². The molecule has 1 aromatic rings. The molecule has 0 spiro atoms. The number of carboxylic acid groups (broad SMARTS) is 2. The molecular weight excluding hydrogens is 320 g/mol. The van der Waals surface area contributed by atoms with Gasteiger partial charge in [0.05, 0.1) is 12.7 Å². The Morgan fingerprint density at radius 1 is 1.21 bits per heavy atom. The highest BCUT2D eigenvalue weighted by atomic mass is 16.5. The summed E-state index contributed by atoms with van der Waals surface area (Å²) in [7, 11) is 0. The fraction of sp³-hybridized carbons (Fsp3) is 0.400. The lowest BCUT2D eigenvalue weighted by Crippen LogP contribution is -2.45. The summed E-state index contributed by atoms with van der Waals surface area (Å²) in [5, 5.41) is 20.7. The van der Waals surface area contributed by atoms with Crippen molar-refractivity contribution in [2.24, 2.45) is 0 Å². The minimum absolute atomic E-state index is 0.0306. The number of rotatable bonds is 4. The zero-order valence-corrected chi connectivity index (χ0v) is 12.9. The van der Waals surface area contributed by atoms with E-state index in [1.807, 2.05) is 30.3 Å². The van der Waals surface area contributed by atoms with Gasteiger partial charge < -0.3 is 30.3 Å². The Morgan fingerprint density at radius 3 is 2.42 bits per heavy atom. The van der Waals surface area contributed by atoms with Crippen molar-refractivity contribution >= 4 is 18.0 Å². The number of hydrogen-bond donors (Lipinski definition) is 4. The Hall–Kier alpha value is -2.65. The van der Waals surface area contributed by atoms with Crippen LogP contribution in [-0.4, -0.2) is 60.6 Å². The zero-order valence-electron chi connectivity index (χ0n) is 12.9. The highest BCUT2D eigenvalue weighted by molar-refractivity contribution is 6.27. The van der Waals surface area contributed by atoms with Crippen LogP contribution < -0.4 is 10.6 Å². The van der Waals surface area contributed by atoms with E-state index in [4.69, 9.17) is 29.3 Å². The quantitative estimate of drug-likeness (QED) is 0.565. The van der Waals surface area contributed by atoms with Gasteiger partial charge in [-0.15, -0.1) is 0 Å². The number of hydrogen-bond acceptors (Lipinski definition) is 6. The predicted octanol–water partition coefficient (Wildman–Crippen LogP) is 0.0568. The van der Waals surface area contributed by atoms with Gasteiger partial charge in [0.25, 0.3) is 0 Å². The van der Waals surface area contributed by atoms with Crippen molar-refractivity contribution < 1.29 is 34.1 Å². The van der Waals surface area contributed by atoms with E-state index in [2.05, 4.69) is 10.6 Å². The Labute approximate surface area is 138 Å². The van der Waals surface area contributed by atoms with E-state index in [0.29, 0.717) is 13.2 Å². The van der Waals surface area contributed by atoms with Gasteiger partial charge in [0, 0.05) is 19.6 Å². The van der Waals surface area contributed by atoms with Gasteiger partial charge in [-0.05, 0) is 5.56 Å². The van der Waals surface area contributed by atoms with Gasteiger partial charge in [0.2, 0.25) is 0 Å².